The molecule has 1 aromatic carbocycles. The molecule has 0 bridgehead atoms. The van der Waals surface area contributed by atoms with E-state index in [9.17, 15) is 9.18 Å². The van der Waals surface area contributed by atoms with Crippen LogP contribution < -0.4 is 5.73 Å². The lowest BCUT2D eigenvalue weighted by Crippen LogP contribution is -2.21. The van der Waals surface area contributed by atoms with Crippen molar-refractivity contribution in [3.8, 4) is 0 Å². The second-order valence-electron chi connectivity index (χ2n) is 5.09. The molecule has 1 aliphatic carbocycles. The van der Waals surface area contributed by atoms with Gasteiger partial charge in [-0.25, -0.2) is 4.39 Å². The van der Waals surface area contributed by atoms with Crippen LogP contribution in [0.5, 0.6) is 0 Å². The normalized spacial score (nSPS) is 17.6. The Labute approximate surface area is 116 Å². The minimum absolute atomic E-state index is 0.137. The fraction of sp³-hybridized carbons (Fsp3) is 0.250. The predicted octanol–water partition coefficient (Wildman–Crippen LogP) is 3.11. The van der Waals surface area contributed by atoms with Crippen LogP contribution in [0.25, 0.3) is 0 Å². The van der Waals surface area contributed by atoms with E-state index in [4.69, 9.17) is 5.73 Å². The highest BCUT2D eigenvalue weighted by Gasteiger charge is 2.29. The maximum Gasteiger partial charge on any atom is 0.174 e. The fourth-order valence-corrected chi connectivity index (χ4v) is 2.79. The van der Waals surface area contributed by atoms with Gasteiger partial charge in [0.2, 0.25) is 0 Å². The fourth-order valence-electron chi connectivity index (χ4n) is 2.79. The highest BCUT2D eigenvalue weighted by atomic mass is 19.1. The first-order valence-electron chi connectivity index (χ1n) is 6.70. The zero-order valence-corrected chi connectivity index (χ0v) is 11.0. The van der Waals surface area contributed by atoms with Crippen molar-refractivity contribution in [2.24, 2.45) is 0 Å². The number of carbonyl (C=O) groups is 1. The average molecular weight is 270 g/mol. The molecule has 2 aromatic rings. The van der Waals surface area contributed by atoms with E-state index in [1.165, 1.54) is 18.2 Å². The van der Waals surface area contributed by atoms with E-state index >= 15 is 0 Å². The lowest BCUT2D eigenvalue weighted by atomic mass is 9.81. The van der Waals surface area contributed by atoms with Crippen LogP contribution in [0.2, 0.25) is 0 Å². The summed E-state index contributed by atoms with van der Waals surface area (Å²) in [5.74, 6) is -0.898. The Balaban J connectivity index is 2.02. The summed E-state index contributed by atoms with van der Waals surface area (Å²) >= 11 is 0. The number of anilines is 1. The zero-order chi connectivity index (χ0) is 14.1. The Hall–Kier alpha value is -2.23. The third kappa shape index (κ3) is 2.18. The maximum absolute atomic E-state index is 13.3. The van der Waals surface area contributed by atoms with Crippen LogP contribution in [0.15, 0.2) is 36.5 Å². The smallest absolute Gasteiger partial charge is 0.174 e. The number of pyridine rings is 1. The Morgan fingerprint density at radius 1 is 1.35 bits per heavy atom. The molecule has 1 heterocycles. The molecule has 0 saturated carbocycles. The lowest BCUT2D eigenvalue weighted by Gasteiger charge is -2.23. The summed E-state index contributed by atoms with van der Waals surface area (Å²) < 4.78 is 13.3. The van der Waals surface area contributed by atoms with Crippen molar-refractivity contribution in [3.63, 3.8) is 0 Å². The second kappa shape index (κ2) is 5.04. The van der Waals surface area contributed by atoms with Crippen molar-refractivity contribution >= 4 is 11.5 Å². The van der Waals surface area contributed by atoms with Gasteiger partial charge >= 0.3 is 0 Å². The van der Waals surface area contributed by atoms with Crippen LogP contribution in [0.1, 0.15) is 40.4 Å². The van der Waals surface area contributed by atoms with E-state index in [-0.39, 0.29) is 17.3 Å². The van der Waals surface area contributed by atoms with Gasteiger partial charge in [0.1, 0.15) is 5.82 Å². The first-order chi connectivity index (χ1) is 9.66. The molecule has 3 rings (SSSR count). The third-order valence-electron chi connectivity index (χ3n) is 3.79. The molecule has 0 spiro atoms. The summed E-state index contributed by atoms with van der Waals surface area (Å²) in [4.78, 5) is 17.0. The van der Waals surface area contributed by atoms with Gasteiger partial charge in [-0.2, -0.15) is 0 Å². The first kappa shape index (κ1) is 12.8. The van der Waals surface area contributed by atoms with Gasteiger partial charge in [0.05, 0.1) is 11.6 Å². The van der Waals surface area contributed by atoms with E-state index in [0.717, 1.165) is 30.5 Å². The summed E-state index contributed by atoms with van der Waals surface area (Å²) in [7, 11) is 0. The van der Waals surface area contributed by atoms with Gasteiger partial charge in [-0.3, -0.25) is 9.78 Å². The SMILES string of the molecule is Nc1ccc(F)cc1C(=O)C1CCCc2cccnc21. The van der Waals surface area contributed by atoms with Crippen molar-refractivity contribution in [1.29, 1.82) is 0 Å². The van der Waals surface area contributed by atoms with E-state index in [2.05, 4.69) is 4.98 Å². The molecule has 1 unspecified atom stereocenters. The number of hydrogen-bond donors (Lipinski definition) is 1. The molecular formula is C16H15FN2O. The van der Waals surface area contributed by atoms with E-state index in [1.807, 2.05) is 12.1 Å². The summed E-state index contributed by atoms with van der Waals surface area (Å²) in [6.45, 7) is 0. The minimum atomic E-state index is -0.445. The summed E-state index contributed by atoms with van der Waals surface area (Å²) in [5, 5.41) is 0. The maximum atomic E-state index is 13.3. The van der Waals surface area contributed by atoms with Crippen molar-refractivity contribution in [2.75, 3.05) is 5.73 Å². The van der Waals surface area contributed by atoms with Gasteiger partial charge in [-0.15, -0.1) is 0 Å². The Morgan fingerprint density at radius 3 is 3.05 bits per heavy atom. The summed E-state index contributed by atoms with van der Waals surface area (Å²) in [5.41, 5.74) is 8.30. The van der Waals surface area contributed by atoms with Crippen molar-refractivity contribution in [1.82, 2.24) is 4.98 Å². The molecule has 0 amide bonds. The number of nitrogen functional groups attached to an aromatic ring is 1. The van der Waals surface area contributed by atoms with Crippen LogP contribution in [0, 0.1) is 5.82 Å². The molecule has 1 aliphatic rings. The second-order valence-corrected chi connectivity index (χ2v) is 5.09. The molecule has 1 aromatic heterocycles. The van der Waals surface area contributed by atoms with Gasteiger partial charge in [0.15, 0.2) is 5.78 Å². The number of benzene rings is 1. The van der Waals surface area contributed by atoms with Gasteiger partial charge in [0.25, 0.3) is 0 Å². The lowest BCUT2D eigenvalue weighted by molar-refractivity contribution is 0.0949. The Bertz CT molecular complexity index is 669. The van der Waals surface area contributed by atoms with E-state index in [0.29, 0.717) is 5.69 Å². The monoisotopic (exact) mass is 270 g/mol. The topological polar surface area (TPSA) is 56.0 Å². The molecule has 20 heavy (non-hydrogen) atoms. The third-order valence-corrected chi connectivity index (χ3v) is 3.79. The largest absolute Gasteiger partial charge is 0.398 e. The molecule has 1 atom stereocenters. The number of ketones is 1. The molecule has 2 N–H and O–H groups in total. The summed E-state index contributed by atoms with van der Waals surface area (Å²) in [6, 6.07) is 7.79. The molecule has 0 aliphatic heterocycles. The van der Waals surface area contributed by atoms with Gasteiger partial charge < -0.3 is 5.73 Å². The number of nitrogens with zero attached hydrogens (tertiary/aromatic N) is 1. The van der Waals surface area contributed by atoms with Gasteiger partial charge in [0, 0.05) is 17.4 Å². The highest BCUT2D eigenvalue weighted by Crippen LogP contribution is 2.33. The standard InChI is InChI=1S/C16H15FN2O/c17-11-6-7-14(18)13(9-11)16(20)12-5-1-3-10-4-2-8-19-15(10)12/h2,4,6-9,12H,1,3,5,18H2. The molecule has 4 heteroatoms. The van der Waals surface area contributed by atoms with Crippen molar-refractivity contribution in [3.05, 3.63) is 59.2 Å². The van der Waals surface area contributed by atoms with Crippen molar-refractivity contribution < 1.29 is 9.18 Å². The number of Topliss-reactive ketones (excluding diaryl/α,β-unsaturated/α-hetero) is 1. The minimum Gasteiger partial charge on any atom is -0.398 e. The number of aromatic nitrogens is 1. The average Bonchev–Trinajstić information content (AvgIpc) is 2.48. The first-order valence-corrected chi connectivity index (χ1v) is 6.70. The molecule has 0 saturated heterocycles. The molecule has 102 valence electrons. The Morgan fingerprint density at radius 2 is 2.20 bits per heavy atom. The van der Waals surface area contributed by atoms with Gasteiger partial charge in [-0.05, 0) is 49.1 Å². The number of rotatable bonds is 2. The van der Waals surface area contributed by atoms with Crippen LogP contribution in [0.4, 0.5) is 10.1 Å². The quantitative estimate of drug-likeness (QED) is 0.674. The molecule has 0 fully saturated rings. The summed E-state index contributed by atoms with van der Waals surface area (Å²) in [6.07, 6.45) is 4.30. The number of carbonyl (C=O) groups excluding carboxylic acids is 1. The predicted molar refractivity (Wildman–Crippen MR) is 75.1 cm³/mol. The van der Waals surface area contributed by atoms with Crippen LogP contribution in [0.3, 0.4) is 0 Å². The van der Waals surface area contributed by atoms with E-state index < -0.39 is 5.82 Å². The number of hydrogen-bond acceptors (Lipinski definition) is 3. The van der Waals surface area contributed by atoms with Gasteiger partial charge in [-0.1, -0.05) is 6.07 Å². The number of aryl methyl sites for hydroxylation is 1. The molecular weight excluding hydrogens is 255 g/mol. The molecule has 3 nitrogen and oxygen atoms in total. The Kier molecular flexibility index (Phi) is 3.22. The molecule has 0 radical (unpaired) electrons. The number of fused-ring (bicyclic) bond motifs is 1. The van der Waals surface area contributed by atoms with Crippen molar-refractivity contribution in [2.45, 2.75) is 25.2 Å². The zero-order valence-electron chi connectivity index (χ0n) is 11.0. The number of nitrogens with two attached hydrogens (primary N) is 1. The highest BCUT2D eigenvalue weighted by molar-refractivity contribution is 6.04. The van der Waals surface area contributed by atoms with Crippen LogP contribution in [-0.2, 0) is 6.42 Å². The van der Waals surface area contributed by atoms with E-state index in [1.54, 1.807) is 6.20 Å². The van der Waals surface area contributed by atoms with Crippen LogP contribution >= 0.6 is 0 Å². The van der Waals surface area contributed by atoms with Crippen LogP contribution in [-0.4, -0.2) is 10.8 Å². The number of halogens is 1.